The summed E-state index contributed by atoms with van der Waals surface area (Å²) in [6.07, 6.45) is 6.45. The molecule has 2 atom stereocenters. The van der Waals surface area contributed by atoms with Crippen LogP contribution in [0, 0.1) is 11.8 Å². The van der Waals surface area contributed by atoms with Crippen LogP contribution in [0.25, 0.3) is 0 Å². The highest BCUT2D eigenvalue weighted by atomic mass is 32.1. The van der Waals surface area contributed by atoms with Crippen LogP contribution in [-0.4, -0.2) is 42.5 Å². The van der Waals surface area contributed by atoms with E-state index in [-0.39, 0.29) is 40.2 Å². The zero-order valence-electron chi connectivity index (χ0n) is 21.6. The van der Waals surface area contributed by atoms with Gasteiger partial charge in [-0.15, -0.1) is 11.3 Å². The van der Waals surface area contributed by atoms with E-state index in [0.29, 0.717) is 37.8 Å². The number of allylic oxidation sites excluding steroid dienone is 2. The Bertz CT molecular complexity index is 993. The molecule has 1 fully saturated rings. The Hall–Kier alpha value is -1.43. The first-order valence-corrected chi connectivity index (χ1v) is 15.6. The van der Waals surface area contributed by atoms with E-state index in [9.17, 15) is 19.3 Å². The lowest BCUT2D eigenvalue weighted by molar-refractivity contribution is -0.124. The summed E-state index contributed by atoms with van der Waals surface area (Å²) in [6, 6.07) is 1.83. The Morgan fingerprint density at radius 1 is 1.18 bits per heavy atom. The molecule has 1 aromatic heterocycles. The highest BCUT2D eigenvalue weighted by Crippen LogP contribution is 2.45. The number of amides is 1. The molecule has 1 aromatic rings. The van der Waals surface area contributed by atoms with E-state index in [0.717, 1.165) is 11.3 Å². The first kappa shape index (κ1) is 27.2. The minimum absolute atomic E-state index is 0.0260. The van der Waals surface area contributed by atoms with Gasteiger partial charge in [0.2, 0.25) is 5.91 Å². The van der Waals surface area contributed by atoms with Crippen LogP contribution >= 0.6 is 18.7 Å². The van der Waals surface area contributed by atoms with Crippen molar-refractivity contribution < 1.29 is 23.8 Å². The van der Waals surface area contributed by atoms with Crippen molar-refractivity contribution in [3.63, 3.8) is 0 Å². The third-order valence-corrected chi connectivity index (χ3v) is 9.27. The number of thiophene rings is 1. The Morgan fingerprint density at radius 2 is 1.79 bits per heavy atom. The maximum atomic E-state index is 14.1. The second-order valence-electron chi connectivity index (χ2n) is 11.5. The van der Waals surface area contributed by atoms with E-state index in [1.165, 1.54) is 16.9 Å². The fourth-order valence-corrected chi connectivity index (χ4v) is 7.14. The number of carbonyl (C=O) groups is 2. The minimum atomic E-state index is -2.59. The summed E-state index contributed by atoms with van der Waals surface area (Å²) in [5.74, 6) is -0.919. The summed E-state index contributed by atoms with van der Waals surface area (Å²) in [6.45, 7) is 13.7. The maximum Gasteiger partial charge on any atom is 0.348 e. The molecule has 0 radical (unpaired) electrons. The molecule has 3 rings (SSSR count). The van der Waals surface area contributed by atoms with Crippen LogP contribution in [0.15, 0.2) is 17.7 Å². The van der Waals surface area contributed by atoms with E-state index < -0.39 is 13.3 Å². The molecule has 2 aliphatic rings. The largest absolute Gasteiger partial charge is 0.477 e. The first-order chi connectivity index (χ1) is 15.7. The zero-order chi connectivity index (χ0) is 25.4. The molecule has 34 heavy (non-hydrogen) atoms. The molecule has 1 saturated carbocycles. The number of hydrogen-bond donors (Lipinski definition) is 1. The highest BCUT2D eigenvalue weighted by Gasteiger charge is 2.39. The van der Waals surface area contributed by atoms with Gasteiger partial charge in [-0.25, -0.2) is 4.79 Å². The summed E-state index contributed by atoms with van der Waals surface area (Å²) >= 11 is 1.27. The van der Waals surface area contributed by atoms with E-state index in [1.807, 2.05) is 11.0 Å². The van der Waals surface area contributed by atoms with Gasteiger partial charge >= 0.3 is 5.97 Å². The van der Waals surface area contributed by atoms with Crippen molar-refractivity contribution in [1.82, 2.24) is 0 Å². The Balaban J connectivity index is 1.99. The zero-order valence-corrected chi connectivity index (χ0v) is 23.3. The molecule has 0 bridgehead atoms. The average molecular weight is 510 g/mol. The van der Waals surface area contributed by atoms with Gasteiger partial charge in [0.25, 0.3) is 0 Å². The van der Waals surface area contributed by atoms with Crippen molar-refractivity contribution in [3.8, 4) is 0 Å². The number of hydrogen-bond acceptors (Lipinski definition) is 5. The van der Waals surface area contributed by atoms with Crippen molar-refractivity contribution in [2.45, 2.75) is 90.7 Å². The Labute approximate surface area is 208 Å². The average Bonchev–Trinajstić information content (AvgIpc) is 3.14. The van der Waals surface area contributed by atoms with Crippen LogP contribution in [0.1, 0.15) is 87.7 Å². The molecule has 1 heterocycles. The number of anilines is 1. The van der Waals surface area contributed by atoms with Gasteiger partial charge < -0.3 is 14.5 Å². The van der Waals surface area contributed by atoms with E-state index in [1.54, 1.807) is 13.3 Å². The van der Waals surface area contributed by atoms with Crippen LogP contribution in [0.5, 0.6) is 0 Å². The number of carboxylic acid groups (broad SMARTS) is 1. The van der Waals surface area contributed by atoms with Gasteiger partial charge in [-0.1, -0.05) is 39.3 Å². The predicted molar refractivity (Wildman–Crippen MR) is 140 cm³/mol. The van der Waals surface area contributed by atoms with Crippen molar-refractivity contribution in [2.24, 2.45) is 11.8 Å². The van der Waals surface area contributed by atoms with E-state index in [4.69, 9.17) is 4.52 Å². The van der Waals surface area contributed by atoms with Gasteiger partial charge in [-0.3, -0.25) is 9.36 Å². The first-order valence-electron chi connectivity index (χ1n) is 12.3. The van der Waals surface area contributed by atoms with E-state index in [2.05, 4.69) is 40.7 Å². The number of rotatable bonds is 6. The predicted octanol–water partition coefficient (Wildman–Crippen LogP) is 6.93. The Kier molecular flexibility index (Phi) is 8.21. The maximum absolute atomic E-state index is 14.1. The number of carbonyl (C=O) groups excluding carboxylic acids is 1. The van der Waals surface area contributed by atoms with Gasteiger partial charge in [-0.2, -0.15) is 0 Å². The second-order valence-corrected chi connectivity index (χ2v) is 15.2. The molecule has 190 valence electrons. The van der Waals surface area contributed by atoms with Crippen molar-refractivity contribution in [2.75, 3.05) is 18.2 Å². The third kappa shape index (κ3) is 6.41. The summed E-state index contributed by atoms with van der Waals surface area (Å²) in [5, 5.41) is 10.1. The monoisotopic (exact) mass is 509 g/mol. The normalized spacial score (nSPS) is 26.1. The summed E-state index contributed by atoms with van der Waals surface area (Å²) in [7, 11) is -2.59. The van der Waals surface area contributed by atoms with Crippen LogP contribution < -0.4 is 4.90 Å². The standard InChI is InChI=1S/C26H40NO5PS/c1-16-8-13-20(17(2)14-16)24(28)27(18-9-11-19(12-10-18)32-33(6,7)31)21-15-22(26(3,4)5)34-23(21)25(29)30/h8,15,17-20H,9-14H2,1-7H3,(H,29,30)/t17-,18-,19-,20-/m1/s1. The van der Waals surface area contributed by atoms with Gasteiger partial charge in [-0.05, 0) is 62.8 Å². The number of nitrogens with zero attached hydrogens (tertiary/aromatic N) is 1. The van der Waals surface area contributed by atoms with Gasteiger partial charge in [0, 0.05) is 30.2 Å². The number of carboxylic acids is 1. The quantitative estimate of drug-likeness (QED) is 0.332. The minimum Gasteiger partial charge on any atom is -0.477 e. The lowest BCUT2D eigenvalue weighted by atomic mass is 9.79. The second kappa shape index (κ2) is 10.3. The summed E-state index contributed by atoms with van der Waals surface area (Å²) in [4.78, 5) is 29.4. The molecule has 0 spiro atoms. The number of aromatic carboxylic acids is 1. The third-order valence-electron chi connectivity index (χ3n) is 6.92. The SMILES string of the molecule is CC1=CC[C@@H](C(=O)N(c2cc(C(C)(C)C)sc2C(=O)O)[C@H]2CC[C@H](OP(C)(C)=O)CC2)[C@H](C)C1. The molecular weight excluding hydrogens is 469 g/mol. The molecule has 0 aliphatic heterocycles. The molecule has 1 amide bonds. The molecular formula is C26H40NO5PS. The molecule has 8 heteroatoms. The fourth-order valence-electron chi connectivity index (χ4n) is 5.16. The molecule has 2 aliphatic carbocycles. The highest BCUT2D eigenvalue weighted by molar-refractivity contribution is 7.57. The van der Waals surface area contributed by atoms with Gasteiger partial charge in [0.15, 0.2) is 7.37 Å². The smallest absolute Gasteiger partial charge is 0.348 e. The van der Waals surface area contributed by atoms with Crippen molar-refractivity contribution in [3.05, 3.63) is 27.5 Å². The van der Waals surface area contributed by atoms with Crippen molar-refractivity contribution >= 4 is 36.3 Å². The van der Waals surface area contributed by atoms with Crippen LogP contribution in [-0.2, 0) is 19.3 Å². The fraction of sp³-hybridized carbons (Fsp3) is 0.692. The Morgan fingerprint density at radius 3 is 2.29 bits per heavy atom. The molecule has 0 saturated heterocycles. The van der Waals surface area contributed by atoms with Crippen molar-refractivity contribution in [1.29, 1.82) is 0 Å². The molecule has 0 unspecified atom stereocenters. The van der Waals surface area contributed by atoms with Gasteiger partial charge in [0.05, 0.1) is 11.8 Å². The van der Waals surface area contributed by atoms with Gasteiger partial charge in [0.1, 0.15) is 4.88 Å². The van der Waals surface area contributed by atoms with Crippen LogP contribution in [0.4, 0.5) is 5.69 Å². The van der Waals surface area contributed by atoms with E-state index >= 15 is 0 Å². The summed E-state index contributed by atoms with van der Waals surface area (Å²) < 4.78 is 17.9. The van der Waals surface area contributed by atoms with Crippen LogP contribution in [0.2, 0.25) is 0 Å². The molecule has 6 nitrogen and oxygen atoms in total. The molecule has 0 aromatic carbocycles. The lowest BCUT2D eigenvalue weighted by Gasteiger charge is -2.40. The lowest BCUT2D eigenvalue weighted by Crippen LogP contribution is -2.48. The topological polar surface area (TPSA) is 83.9 Å². The molecule has 1 N–H and O–H groups in total. The summed E-state index contributed by atoms with van der Waals surface area (Å²) in [5.41, 5.74) is 1.63. The van der Waals surface area contributed by atoms with Crippen LogP contribution in [0.3, 0.4) is 0 Å².